The maximum absolute atomic E-state index is 13.2. The van der Waals surface area contributed by atoms with E-state index >= 15 is 0 Å². The zero-order valence-electron chi connectivity index (χ0n) is 14.4. The van der Waals surface area contributed by atoms with Gasteiger partial charge in [0.15, 0.2) is 0 Å². The van der Waals surface area contributed by atoms with Crippen molar-refractivity contribution in [2.45, 2.75) is 30.5 Å². The number of piperidine rings is 1. The van der Waals surface area contributed by atoms with E-state index in [4.69, 9.17) is 0 Å². The van der Waals surface area contributed by atoms with E-state index in [9.17, 15) is 17.6 Å². The summed E-state index contributed by atoms with van der Waals surface area (Å²) in [4.78, 5) is 13.4. The van der Waals surface area contributed by atoms with Crippen LogP contribution in [0.25, 0.3) is 0 Å². The molecule has 8 heteroatoms. The molecule has 1 aromatic carbocycles. The van der Waals surface area contributed by atoms with Gasteiger partial charge in [0.1, 0.15) is 10.0 Å². The molecule has 1 unspecified atom stereocenters. The smallest absolute Gasteiger partial charge is 0.252 e. The third-order valence-electron chi connectivity index (χ3n) is 4.42. The highest BCUT2D eigenvalue weighted by Gasteiger charge is 2.33. The van der Waals surface area contributed by atoms with Crippen molar-refractivity contribution in [3.8, 4) is 0 Å². The average Bonchev–Trinajstić information content (AvgIpc) is 3.07. The molecule has 1 amide bonds. The van der Waals surface area contributed by atoms with Gasteiger partial charge in [-0.1, -0.05) is 12.1 Å². The van der Waals surface area contributed by atoms with Gasteiger partial charge in [0.25, 0.3) is 10.0 Å². The molecule has 140 valence electrons. The number of hydrogen-bond acceptors (Lipinski definition) is 4. The minimum absolute atomic E-state index is 0.175. The summed E-state index contributed by atoms with van der Waals surface area (Å²) in [6.07, 6.45) is 1.28. The molecule has 2 aromatic rings. The van der Waals surface area contributed by atoms with E-state index in [2.05, 4.69) is 5.32 Å². The Bertz CT molecular complexity index is 895. The molecule has 1 saturated heterocycles. The molecule has 1 N–H and O–H groups in total. The van der Waals surface area contributed by atoms with Gasteiger partial charge in [-0.2, -0.15) is 4.31 Å². The van der Waals surface area contributed by atoms with Crippen LogP contribution in [-0.2, 0) is 21.4 Å². The second kappa shape index (κ2) is 7.85. The zero-order valence-corrected chi connectivity index (χ0v) is 16.1. The van der Waals surface area contributed by atoms with E-state index in [-0.39, 0.29) is 24.8 Å². The number of rotatable bonds is 5. The van der Waals surface area contributed by atoms with E-state index in [0.29, 0.717) is 29.2 Å². The highest BCUT2D eigenvalue weighted by atomic mass is 32.2. The number of benzene rings is 1. The molecule has 5 nitrogen and oxygen atoms in total. The summed E-state index contributed by atoms with van der Waals surface area (Å²) in [5.41, 5.74) is 0.674. The van der Waals surface area contributed by atoms with Crippen LogP contribution in [0.1, 0.15) is 23.3 Å². The predicted molar refractivity (Wildman–Crippen MR) is 98.8 cm³/mol. The number of thiophene rings is 1. The lowest BCUT2D eigenvalue weighted by atomic mass is 9.99. The second-order valence-electron chi connectivity index (χ2n) is 6.42. The maximum atomic E-state index is 13.2. The van der Waals surface area contributed by atoms with Crippen molar-refractivity contribution in [3.05, 3.63) is 52.7 Å². The first-order chi connectivity index (χ1) is 12.4. The Balaban J connectivity index is 1.63. The van der Waals surface area contributed by atoms with Crippen molar-refractivity contribution >= 4 is 27.3 Å². The molecule has 1 atom stereocenters. The molecule has 26 heavy (non-hydrogen) atoms. The van der Waals surface area contributed by atoms with Crippen LogP contribution in [-0.4, -0.2) is 31.7 Å². The van der Waals surface area contributed by atoms with E-state index in [0.717, 1.165) is 4.88 Å². The maximum Gasteiger partial charge on any atom is 0.252 e. The third-order valence-corrected chi connectivity index (χ3v) is 7.75. The summed E-state index contributed by atoms with van der Waals surface area (Å²) >= 11 is 1.24. The molecule has 0 aliphatic carbocycles. The highest BCUT2D eigenvalue weighted by Crippen LogP contribution is 2.28. The number of aryl methyl sites for hydroxylation is 1. The number of hydrogen-bond donors (Lipinski definition) is 1. The van der Waals surface area contributed by atoms with Crippen molar-refractivity contribution in [1.82, 2.24) is 9.62 Å². The van der Waals surface area contributed by atoms with Gasteiger partial charge in [-0.15, -0.1) is 11.3 Å². The van der Waals surface area contributed by atoms with E-state index in [1.807, 2.05) is 6.92 Å². The minimum atomic E-state index is -3.56. The molecular formula is C18H21FN2O3S2. The largest absolute Gasteiger partial charge is 0.352 e. The highest BCUT2D eigenvalue weighted by molar-refractivity contribution is 7.91. The first-order valence-electron chi connectivity index (χ1n) is 8.45. The molecule has 1 fully saturated rings. The van der Waals surface area contributed by atoms with Crippen LogP contribution in [0, 0.1) is 18.7 Å². The van der Waals surface area contributed by atoms with Gasteiger partial charge in [0.2, 0.25) is 5.91 Å². The van der Waals surface area contributed by atoms with E-state index in [1.54, 1.807) is 24.3 Å². The Kier molecular flexibility index (Phi) is 5.74. The molecule has 0 radical (unpaired) electrons. The Morgan fingerprint density at radius 1 is 1.35 bits per heavy atom. The molecule has 2 heterocycles. The Labute approximate surface area is 156 Å². The van der Waals surface area contributed by atoms with Crippen LogP contribution in [0.5, 0.6) is 0 Å². The molecule has 0 bridgehead atoms. The summed E-state index contributed by atoms with van der Waals surface area (Å²) in [6, 6.07) is 9.45. The average molecular weight is 397 g/mol. The number of amides is 1. The van der Waals surface area contributed by atoms with Gasteiger partial charge in [-0.25, -0.2) is 12.8 Å². The van der Waals surface area contributed by atoms with Gasteiger partial charge in [-0.05, 0) is 49.6 Å². The molecule has 1 aliphatic heterocycles. The molecule has 0 saturated carbocycles. The van der Waals surface area contributed by atoms with Gasteiger partial charge in [0, 0.05) is 24.5 Å². The number of sulfonamides is 1. The van der Waals surface area contributed by atoms with E-state index in [1.165, 1.54) is 27.8 Å². The molecule has 3 rings (SSSR count). The Hall–Kier alpha value is -1.77. The van der Waals surface area contributed by atoms with Crippen molar-refractivity contribution in [1.29, 1.82) is 0 Å². The lowest BCUT2D eigenvalue weighted by Crippen LogP contribution is -2.45. The first kappa shape index (κ1) is 19.0. The van der Waals surface area contributed by atoms with Gasteiger partial charge in [-0.3, -0.25) is 4.79 Å². The number of carbonyl (C=O) groups excluding carboxylic acids is 1. The monoisotopic (exact) mass is 396 g/mol. The second-order valence-corrected chi connectivity index (χ2v) is 9.87. The quantitative estimate of drug-likeness (QED) is 0.845. The van der Waals surface area contributed by atoms with Crippen molar-refractivity contribution < 1.29 is 17.6 Å². The normalized spacial score (nSPS) is 18.6. The molecule has 1 aromatic heterocycles. The standard InChI is InChI=1S/C18H21FN2O3S2/c1-13-7-8-17(25-13)26(23,24)21-9-3-5-15(12-21)18(22)20-11-14-4-2-6-16(19)10-14/h2,4,6-8,10,15H,3,5,9,11-12H2,1H3,(H,20,22). The van der Waals surface area contributed by atoms with Crippen molar-refractivity contribution in [3.63, 3.8) is 0 Å². The summed E-state index contributed by atoms with van der Waals surface area (Å²) in [5.74, 6) is -0.942. The van der Waals surface area contributed by atoms with Crippen molar-refractivity contribution in [2.75, 3.05) is 13.1 Å². The summed E-state index contributed by atoms with van der Waals surface area (Å²) in [6.45, 7) is 2.69. The van der Waals surface area contributed by atoms with E-state index < -0.39 is 15.9 Å². The fourth-order valence-corrected chi connectivity index (χ4v) is 5.99. The van der Waals surface area contributed by atoms with Crippen LogP contribution in [0.3, 0.4) is 0 Å². The van der Waals surface area contributed by atoms with Crippen LogP contribution < -0.4 is 5.32 Å². The number of nitrogens with one attached hydrogen (secondary N) is 1. The van der Waals surface area contributed by atoms with Crippen molar-refractivity contribution in [2.24, 2.45) is 5.92 Å². The third kappa shape index (κ3) is 4.31. The van der Waals surface area contributed by atoms with Gasteiger partial charge >= 0.3 is 0 Å². The fourth-order valence-electron chi connectivity index (χ4n) is 3.03. The summed E-state index contributed by atoms with van der Waals surface area (Å²) in [5, 5.41) is 2.79. The molecule has 0 spiro atoms. The minimum Gasteiger partial charge on any atom is -0.352 e. The number of halogens is 1. The van der Waals surface area contributed by atoms with Crippen LogP contribution in [0.2, 0.25) is 0 Å². The predicted octanol–water partition coefficient (Wildman–Crippen LogP) is 2.91. The zero-order chi connectivity index (χ0) is 18.7. The van der Waals surface area contributed by atoms with Gasteiger partial charge in [0.05, 0.1) is 5.92 Å². The van der Waals surface area contributed by atoms with Crippen LogP contribution in [0.15, 0.2) is 40.6 Å². The summed E-state index contributed by atoms with van der Waals surface area (Å²) in [7, 11) is -3.56. The topological polar surface area (TPSA) is 66.5 Å². The lowest BCUT2D eigenvalue weighted by Gasteiger charge is -2.30. The Morgan fingerprint density at radius 2 is 2.15 bits per heavy atom. The van der Waals surface area contributed by atoms with Gasteiger partial charge < -0.3 is 5.32 Å². The number of carbonyl (C=O) groups is 1. The first-order valence-corrected chi connectivity index (χ1v) is 10.7. The molecular weight excluding hydrogens is 375 g/mol. The summed E-state index contributed by atoms with van der Waals surface area (Å²) < 4.78 is 40.4. The van der Waals surface area contributed by atoms with Crippen LogP contribution >= 0.6 is 11.3 Å². The molecule has 1 aliphatic rings. The number of nitrogens with zero attached hydrogens (tertiary/aromatic N) is 1. The lowest BCUT2D eigenvalue weighted by molar-refractivity contribution is -0.126. The van der Waals surface area contributed by atoms with Crippen LogP contribution in [0.4, 0.5) is 4.39 Å². The SMILES string of the molecule is Cc1ccc(S(=O)(=O)N2CCCC(C(=O)NCc3cccc(F)c3)C2)s1. The fraction of sp³-hybridized carbons (Fsp3) is 0.389. The Morgan fingerprint density at radius 3 is 2.85 bits per heavy atom.